The van der Waals surface area contributed by atoms with Crippen molar-refractivity contribution in [2.75, 3.05) is 13.2 Å². The number of hydrogen-bond acceptors (Lipinski definition) is 2. The van der Waals surface area contributed by atoms with E-state index in [2.05, 4.69) is 36.5 Å². The Kier molecular flexibility index (Phi) is 2.62. The maximum Gasteiger partial charge on any atom is 0.134 e. The summed E-state index contributed by atoms with van der Waals surface area (Å²) < 4.78 is 5.50. The zero-order valence-electron chi connectivity index (χ0n) is 7.92. The fourth-order valence-corrected chi connectivity index (χ4v) is 1.57. The molecular weight excluding hydrogens is 162 g/mol. The maximum atomic E-state index is 5.50. The highest BCUT2D eigenvalue weighted by Crippen LogP contribution is 2.18. The molecule has 0 aromatic heterocycles. The van der Waals surface area contributed by atoms with Crippen LogP contribution in [0.25, 0.3) is 0 Å². The fraction of sp³-hybridized carbons (Fsp3) is 0.455. The van der Waals surface area contributed by atoms with E-state index in [4.69, 9.17) is 4.74 Å². The van der Waals surface area contributed by atoms with Crippen molar-refractivity contribution in [2.24, 2.45) is 0 Å². The van der Waals surface area contributed by atoms with Crippen molar-refractivity contribution in [3.8, 4) is 0 Å². The van der Waals surface area contributed by atoms with Crippen LogP contribution in [0.1, 0.15) is 24.3 Å². The van der Waals surface area contributed by atoms with Crippen LogP contribution in [-0.2, 0) is 11.2 Å². The Bertz CT molecular complexity index is 262. The Hall–Kier alpha value is -0.860. The van der Waals surface area contributed by atoms with E-state index >= 15 is 0 Å². The van der Waals surface area contributed by atoms with Crippen molar-refractivity contribution in [1.82, 2.24) is 5.32 Å². The van der Waals surface area contributed by atoms with Crippen molar-refractivity contribution in [2.45, 2.75) is 19.6 Å². The Morgan fingerprint density at radius 3 is 2.69 bits per heavy atom. The molecule has 1 saturated heterocycles. The van der Waals surface area contributed by atoms with Crippen LogP contribution < -0.4 is 5.32 Å². The first-order valence-corrected chi connectivity index (χ1v) is 4.84. The molecule has 2 rings (SSSR count). The predicted molar refractivity (Wildman–Crippen MR) is 52.5 cm³/mol. The Labute approximate surface area is 78.9 Å². The largest absolute Gasteiger partial charge is 0.358 e. The van der Waals surface area contributed by atoms with E-state index in [9.17, 15) is 0 Å². The average molecular weight is 177 g/mol. The van der Waals surface area contributed by atoms with Gasteiger partial charge >= 0.3 is 0 Å². The highest BCUT2D eigenvalue weighted by atomic mass is 16.5. The van der Waals surface area contributed by atoms with E-state index in [1.807, 2.05) is 0 Å². The summed E-state index contributed by atoms with van der Waals surface area (Å²) in [6.07, 6.45) is 1.21. The van der Waals surface area contributed by atoms with E-state index in [-0.39, 0.29) is 6.23 Å². The van der Waals surface area contributed by atoms with E-state index in [0.717, 1.165) is 19.6 Å². The summed E-state index contributed by atoms with van der Waals surface area (Å²) in [5.74, 6) is 0. The van der Waals surface area contributed by atoms with Gasteiger partial charge in [-0.2, -0.15) is 0 Å². The lowest BCUT2D eigenvalue weighted by atomic mass is 10.1. The molecule has 1 aliphatic rings. The molecule has 1 heterocycles. The molecule has 0 amide bonds. The lowest BCUT2D eigenvalue weighted by Gasteiger charge is -2.10. The van der Waals surface area contributed by atoms with Gasteiger partial charge in [-0.15, -0.1) is 0 Å². The highest BCUT2D eigenvalue weighted by molar-refractivity contribution is 5.24. The topological polar surface area (TPSA) is 21.3 Å². The zero-order valence-corrected chi connectivity index (χ0v) is 7.92. The number of benzene rings is 1. The molecule has 70 valence electrons. The molecule has 13 heavy (non-hydrogen) atoms. The fourth-order valence-electron chi connectivity index (χ4n) is 1.57. The third kappa shape index (κ3) is 1.90. The lowest BCUT2D eigenvalue weighted by molar-refractivity contribution is 0.102. The number of ether oxygens (including phenoxy) is 1. The third-order valence-corrected chi connectivity index (χ3v) is 2.41. The summed E-state index contributed by atoms with van der Waals surface area (Å²) >= 11 is 0. The monoisotopic (exact) mass is 177 g/mol. The SMILES string of the molecule is CCc1ccc(C2NCCO2)cc1. The number of hydrogen-bond donors (Lipinski definition) is 1. The van der Waals surface area contributed by atoms with Gasteiger partial charge in [0.25, 0.3) is 0 Å². The molecule has 1 aliphatic heterocycles. The minimum Gasteiger partial charge on any atom is -0.358 e. The van der Waals surface area contributed by atoms with Crippen LogP contribution in [0.4, 0.5) is 0 Å². The Balaban J connectivity index is 2.12. The highest BCUT2D eigenvalue weighted by Gasteiger charge is 2.15. The molecular formula is C11H15NO. The van der Waals surface area contributed by atoms with Gasteiger partial charge in [-0.3, -0.25) is 5.32 Å². The molecule has 1 atom stereocenters. The molecule has 0 radical (unpaired) electrons. The number of nitrogens with one attached hydrogen (secondary N) is 1. The van der Waals surface area contributed by atoms with Gasteiger partial charge in [-0.25, -0.2) is 0 Å². The molecule has 2 heteroatoms. The standard InChI is InChI=1S/C11H15NO/c1-2-9-3-5-10(6-4-9)11-12-7-8-13-11/h3-6,11-12H,2,7-8H2,1H3. The summed E-state index contributed by atoms with van der Waals surface area (Å²) in [6, 6.07) is 8.61. The molecule has 0 bridgehead atoms. The predicted octanol–water partition coefficient (Wildman–Crippen LogP) is 1.87. The van der Waals surface area contributed by atoms with Crippen LogP contribution in [-0.4, -0.2) is 13.2 Å². The number of rotatable bonds is 2. The summed E-state index contributed by atoms with van der Waals surface area (Å²) in [5, 5.41) is 3.29. The van der Waals surface area contributed by atoms with Crippen LogP contribution in [0.3, 0.4) is 0 Å². The smallest absolute Gasteiger partial charge is 0.134 e. The van der Waals surface area contributed by atoms with Crippen molar-refractivity contribution in [3.63, 3.8) is 0 Å². The third-order valence-electron chi connectivity index (χ3n) is 2.41. The molecule has 0 saturated carbocycles. The molecule has 1 aromatic carbocycles. The maximum absolute atomic E-state index is 5.50. The van der Waals surface area contributed by atoms with E-state index in [1.165, 1.54) is 11.1 Å². The van der Waals surface area contributed by atoms with Gasteiger partial charge in [0.05, 0.1) is 6.61 Å². The van der Waals surface area contributed by atoms with Crippen molar-refractivity contribution in [1.29, 1.82) is 0 Å². The zero-order chi connectivity index (χ0) is 9.10. The van der Waals surface area contributed by atoms with Crippen molar-refractivity contribution in [3.05, 3.63) is 35.4 Å². The van der Waals surface area contributed by atoms with Gasteiger partial charge in [0.2, 0.25) is 0 Å². The molecule has 1 fully saturated rings. The first kappa shape index (κ1) is 8.73. The van der Waals surface area contributed by atoms with E-state index < -0.39 is 0 Å². The molecule has 0 spiro atoms. The van der Waals surface area contributed by atoms with Crippen molar-refractivity contribution < 1.29 is 4.74 Å². The van der Waals surface area contributed by atoms with Gasteiger partial charge in [0.1, 0.15) is 6.23 Å². The molecule has 1 N–H and O–H groups in total. The van der Waals surface area contributed by atoms with Crippen LogP contribution in [0.15, 0.2) is 24.3 Å². The normalized spacial score (nSPS) is 22.1. The van der Waals surface area contributed by atoms with E-state index in [1.54, 1.807) is 0 Å². The first-order chi connectivity index (χ1) is 6.40. The van der Waals surface area contributed by atoms with Gasteiger partial charge in [-0.1, -0.05) is 31.2 Å². The van der Waals surface area contributed by atoms with Gasteiger partial charge < -0.3 is 4.74 Å². The van der Waals surface area contributed by atoms with Crippen LogP contribution in [0.5, 0.6) is 0 Å². The molecule has 0 aliphatic carbocycles. The summed E-state index contributed by atoms with van der Waals surface area (Å²) in [6.45, 7) is 3.94. The first-order valence-electron chi connectivity index (χ1n) is 4.84. The quantitative estimate of drug-likeness (QED) is 0.744. The lowest BCUT2D eigenvalue weighted by Crippen LogP contribution is -2.13. The molecule has 1 unspecified atom stereocenters. The van der Waals surface area contributed by atoms with Gasteiger partial charge in [-0.05, 0) is 17.5 Å². The van der Waals surface area contributed by atoms with Gasteiger partial charge in [0, 0.05) is 6.54 Å². The van der Waals surface area contributed by atoms with Crippen LogP contribution >= 0.6 is 0 Å². The average Bonchev–Trinajstić information content (AvgIpc) is 2.71. The minimum atomic E-state index is 0.117. The second-order valence-corrected chi connectivity index (χ2v) is 3.30. The minimum absolute atomic E-state index is 0.117. The van der Waals surface area contributed by atoms with Gasteiger partial charge in [0.15, 0.2) is 0 Å². The molecule has 1 aromatic rings. The second-order valence-electron chi connectivity index (χ2n) is 3.30. The van der Waals surface area contributed by atoms with Crippen molar-refractivity contribution >= 4 is 0 Å². The van der Waals surface area contributed by atoms with E-state index in [0.29, 0.717) is 0 Å². The Morgan fingerprint density at radius 1 is 1.38 bits per heavy atom. The number of aryl methyl sites for hydroxylation is 1. The van der Waals surface area contributed by atoms with Crippen LogP contribution in [0, 0.1) is 0 Å². The van der Waals surface area contributed by atoms with Crippen LogP contribution in [0.2, 0.25) is 0 Å². The summed E-state index contributed by atoms with van der Waals surface area (Å²) in [4.78, 5) is 0. The summed E-state index contributed by atoms with van der Waals surface area (Å²) in [5.41, 5.74) is 2.61. The molecule has 2 nitrogen and oxygen atoms in total. The Morgan fingerprint density at radius 2 is 2.15 bits per heavy atom. The second kappa shape index (κ2) is 3.90. The summed E-state index contributed by atoms with van der Waals surface area (Å²) in [7, 11) is 0.